The van der Waals surface area contributed by atoms with Crippen molar-refractivity contribution >= 4 is 22.0 Å². The average Bonchev–Trinajstić information content (AvgIpc) is 2.14. The summed E-state index contributed by atoms with van der Waals surface area (Å²) >= 11 is 0. The Morgan fingerprint density at radius 2 is 1.94 bits per heavy atom. The number of hydrogen-bond donors (Lipinski definition) is 3. The lowest BCUT2D eigenvalue weighted by Gasteiger charge is -2.13. The van der Waals surface area contributed by atoms with Crippen LogP contribution < -0.4 is 4.72 Å². The van der Waals surface area contributed by atoms with Crippen molar-refractivity contribution in [3.63, 3.8) is 0 Å². The van der Waals surface area contributed by atoms with Crippen LogP contribution in [0, 0.1) is 11.3 Å². The van der Waals surface area contributed by atoms with Crippen LogP contribution in [0.4, 0.5) is 0 Å². The second kappa shape index (κ2) is 5.43. The lowest BCUT2D eigenvalue weighted by atomic mass is 10.2. The molecule has 3 N–H and O–H groups in total. The highest BCUT2D eigenvalue weighted by Crippen LogP contribution is 2.01. The Balaban J connectivity index is 4.85. The van der Waals surface area contributed by atoms with E-state index in [-0.39, 0.29) is 0 Å². The molecule has 0 fully saturated rings. The van der Waals surface area contributed by atoms with Gasteiger partial charge in [-0.05, 0) is 6.92 Å². The molecule has 90 valence electrons. The molecule has 9 heteroatoms. The summed E-state index contributed by atoms with van der Waals surface area (Å²) in [4.78, 5) is 20.8. The molecule has 2 atom stereocenters. The summed E-state index contributed by atoms with van der Waals surface area (Å²) in [7, 11) is -4.16. The zero-order valence-corrected chi connectivity index (χ0v) is 9.06. The first-order valence-electron chi connectivity index (χ1n) is 4.06. The number of sulfonamides is 1. The van der Waals surface area contributed by atoms with Crippen LogP contribution in [0.25, 0.3) is 0 Å². The third-order valence-corrected chi connectivity index (χ3v) is 3.28. The van der Waals surface area contributed by atoms with E-state index >= 15 is 0 Å². The van der Waals surface area contributed by atoms with E-state index in [0.717, 1.165) is 6.92 Å². The summed E-state index contributed by atoms with van der Waals surface area (Å²) in [6.07, 6.45) is -0.896. The SMILES string of the molecule is CC(C#N)S(=O)(=O)N[C@H](CC(=O)O)C(=O)O. The Kier molecular flexibility index (Phi) is 4.87. The quantitative estimate of drug-likeness (QED) is 0.533. The highest BCUT2D eigenvalue weighted by Gasteiger charge is 2.29. The first-order chi connectivity index (χ1) is 7.20. The molecule has 0 rings (SSSR count). The molecule has 0 heterocycles. The molecule has 0 aromatic heterocycles. The number of rotatable bonds is 6. The van der Waals surface area contributed by atoms with E-state index in [1.807, 2.05) is 0 Å². The van der Waals surface area contributed by atoms with Crippen molar-refractivity contribution in [3.05, 3.63) is 0 Å². The Labute approximate surface area is 91.5 Å². The van der Waals surface area contributed by atoms with E-state index in [2.05, 4.69) is 0 Å². The number of nitriles is 1. The van der Waals surface area contributed by atoms with Gasteiger partial charge in [-0.15, -0.1) is 0 Å². The third kappa shape index (κ3) is 4.24. The minimum absolute atomic E-state index is 0.896. The minimum atomic E-state index is -4.16. The van der Waals surface area contributed by atoms with Crippen LogP contribution in [0.1, 0.15) is 13.3 Å². The van der Waals surface area contributed by atoms with Crippen LogP contribution in [-0.2, 0) is 19.6 Å². The van der Waals surface area contributed by atoms with Gasteiger partial charge in [0, 0.05) is 0 Å². The normalized spacial score (nSPS) is 14.8. The molecule has 0 bridgehead atoms. The predicted octanol–water partition coefficient (Wildman–Crippen LogP) is -1.25. The van der Waals surface area contributed by atoms with Crippen LogP contribution in [0.15, 0.2) is 0 Å². The van der Waals surface area contributed by atoms with Crippen LogP contribution in [0.2, 0.25) is 0 Å². The molecule has 0 aromatic rings. The van der Waals surface area contributed by atoms with Crippen molar-refractivity contribution in [1.82, 2.24) is 4.72 Å². The fourth-order valence-corrected chi connectivity index (χ4v) is 1.65. The van der Waals surface area contributed by atoms with Crippen molar-refractivity contribution in [3.8, 4) is 6.07 Å². The van der Waals surface area contributed by atoms with Crippen LogP contribution in [0.3, 0.4) is 0 Å². The van der Waals surface area contributed by atoms with Gasteiger partial charge in [-0.2, -0.15) is 9.98 Å². The molecule has 0 radical (unpaired) electrons. The molecule has 8 nitrogen and oxygen atoms in total. The van der Waals surface area contributed by atoms with E-state index in [4.69, 9.17) is 15.5 Å². The summed E-state index contributed by atoms with van der Waals surface area (Å²) in [6, 6.07) is -0.367. The largest absolute Gasteiger partial charge is 0.481 e. The Morgan fingerprint density at radius 1 is 1.44 bits per heavy atom. The first kappa shape index (κ1) is 14.3. The van der Waals surface area contributed by atoms with E-state index in [9.17, 15) is 18.0 Å². The highest BCUT2D eigenvalue weighted by atomic mass is 32.2. The highest BCUT2D eigenvalue weighted by molar-refractivity contribution is 7.90. The molecule has 0 aliphatic heterocycles. The molecular formula is C7H10N2O6S. The van der Waals surface area contributed by atoms with Crippen LogP contribution in [0.5, 0.6) is 0 Å². The van der Waals surface area contributed by atoms with E-state index in [1.54, 1.807) is 4.72 Å². The Bertz CT molecular complexity index is 423. The van der Waals surface area contributed by atoms with Gasteiger partial charge in [0.15, 0.2) is 5.25 Å². The van der Waals surface area contributed by atoms with Gasteiger partial charge in [-0.3, -0.25) is 9.59 Å². The minimum Gasteiger partial charge on any atom is -0.481 e. The topological polar surface area (TPSA) is 145 Å². The molecule has 0 saturated heterocycles. The Morgan fingerprint density at radius 3 is 2.25 bits per heavy atom. The zero-order valence-electron chi connectivity index (χ0n) is 8.24. The van der Waals surface area contributed by atoms with Gasteiger partial charge >= 0.3 is 11.9 Å². The molecule has 0 aliphatic rings. The summed E-state index contributed by atoms with van der Waals surface area (Å²) in [5, 5.41) is 23.8. The van der Waals surface area contributed by atoms with Crippen molar-refractivity contribution < 1.29 is 28.2 Å². The number of nitrogens with zero attached hydrogens (tertiary/aromatic N) is 1. The smallest absolute Gasteiger partial charge is 0.322 e. The average molecular weight is 250 g/mol. The van der Waals surface area contributed by atoms with E-state index in [1.165, 1.54) is 6.07 Å². The second-order valence-corrected chi connectivity index (χ2v) is 4.96. The number of hydrogen-bond acceptors (Lipinski definition) is 5. The van der Waals surface area contributed by atoms with Crippen molar-refractivity contribution in [2.24, 2.45) is 0 Å². The standard InChI is InChI=1S/C7H10N2O6S/c1-4(3-8)16(14,15)9-5(7(12)13)2-6(10)11/h4-5,9H,2H2,1H3,(H,10,11)(H,12,13)/t4?,5-/m1/s1. The zero-order chi connectivity index (χ0) is 12.9. The van der Waals surface area contributed by atoms with Crippen molar-refractivity contribution in [2.75, 3.05) is 0 Å². The molecule has 16 heavy (non-hydrogen) atoms. The van der Waals surface area contributed by atoms with Crippen LogP contribution >= 0.6 is 0 Å². The maximum atomic E-state index is 11.3. The molecule has 1 unspecified atom stereocenters. The van der Waals surface area contributed by atoms with Gasteiger partial charge in [0.05, 0.1) is 12.5 Å². The predicted molar refractivity (Wildman–Crippen MR) is 50.8 cm³/mol. The number of nitrogens with one attached hydrogen (secondary N) is 1. The van der Waals surface area contributed by atoms with E-state index in [0.29, 0.717) is 0 Å². The summed E-state index contributed by atoms with van der Waals surface area (Å²) in [5.41, 5.74) is 0. The number of carboxylic acids is 2. The summed E-state index contributed by atoms with van der Waals surface area (Å²) in [6.45, 7) is 1.06. The third-order valence-electron chi connectivity index (χ3n) is 1.63. The monoisotopic (exact) mass is 250 g/mol. The van der Waals surface area contributed by atoms with Crippen LogP contribution in [-0.4, -0.2) is 41.9 Å². The first-order valence-corrected chi connectivity index (χ1v) is 5.60. The fourth-order valence-electron chi connectivity index (χ4n) is 0.724. The molecular weight excluding hydrogens is 240 g/mol. The number of carbonyl (C=O) groups is 2. The maximum absolute atomic E-state index is 11.3. The van der Waals surface area contributed by atoms with Crippen molar-refractivity contribution in [2.45, 2.75) is 24.6 Å². The van der Waals surface area contributed by atoms with E-state index < -0.39 is 39.7 Å². The maximum Gasteiger partial charge on any atom is 0.322 e. The fraction of sp³-hybridized carbons (Fsp3) is 0.571. The lowest BCUT2D eigenvalue weighted by Crippen LogP contribution is -2.45. The van der Waals surface area contributed by atoms with Gasteiger partial charge in [0.2, 0.25) is 10.0 Å². The molecule has 0 saturated carbocycles. The van der Waals surface area contributed by atoms with Gasteiger partial charge < -0.3 is 10.2 Å². The second-order valence-electron chi connectivity index (χ2n) is 2.92. The number of carboxylic acid groups (broad SMARTS) is 2. The van der Waals surface area contributed by atoms with Gasteiger partial charge in [0.1, 0.15) is 6.04 Å². The van der Waals surface area contributed by atoms with Crippen molar-refractivity contribution in [1.29, 1.82) is 5.26 Å². The molecule has 0 aromatic carbocycles. The molecule has 0 spiro atoms. The molecule has 0 aliphatic carbocycles. The van der Waals surface area contributed by atoms with Gasteiger partial charge in [-0.1, -0.05) is 0 Å². The number of aliphatic carboxylic acids is 2. The van der Waals surface area contributed by atoms with Gasteiger partial charge in [0.25, 0.3) is 0 Å². The lowest BCUT2D eigenvalue weighted by molar-refractivity contribution is -0.145. The Hall–Kier alpha value is -1.66. The summed E-state index contributed by atoms with van der Waals surface area (Å²) < 4.78 is 24.2. The summed E-state index contributed by atoms with van der Waals surface area (Å²) in [5.74, 6) is -3.07. The van der Waals surface area contributed by atoms with Gasteiger partial charge in [-0.25, -0.2) is 8.42 Å². The molecule has 0 amide bonds.